The van der Waals surface area contributed by atoms with Crippen molar-refractivity contribution in [2.45, 2.75) is 32.4 Å². The van der Waals surface area contributed by atoms with Gasteiger partial charge in [-0.25, -0.2) is 4.79 Å². The first-order valence-corrected chi connectivity index (χ1v) is 7.66. The predicted octanol–water partition coefficient (Wildman–Crippen LogP) is 0.881. The number of nitrogens with one attached hydrogen (secondary N) is 2. The van der Waals surface area contributed by atoms with Crippen LogP contribution in [0.1, 0.15) is 29.5 Å². The van der Waals surface area contributed by atoms with Gasteiger partial charge in [0.05, 0.1) is 31.0 Å². The number of aromatic amines is 1. The number of nitrogens with zero attached hydrogens (tertiary/aromatic N) is 1. The van der Waals surface area contributed by atoms with Gasteiger partial charge in [0.25, 0.3) is 5.91 Å². The van der Waals surface area contributed by atoms with Crippen molar-refractivity contribution in [3.8, 4) is 0 Å². The summed E-state index contributed by atoms with van der Waals surface area (Å²) in [5.74, 6) is -0.235. The summed E-state index contributed by atoms with van der Waals surface area (Å²) in [7, 11) is 1.56. The van der Waals surface area contributed by atoms with Crippen molar-refractivity contribution in [2.75, 3.05) is 32.5 Å². The monoisotopic (exact) mass is 324 g/mol. The molecule has 2 rings (SSSR count). The highest BCUT2D eigenvalue weighted by molar-refractivity contribution is 5.94. The molecule has 8 nitrogen and oxygen atoms in total. The van der Waals surface area contributed by atoms with E-state index in [0.717, 1.165) is 5.69 Å². The Balaban J connectivity index is 1.97. The lowest BCUT2D eigenvalue weighted by atomic mass is 10.0. The Labute approximate surface area is 135 Å². The molecule has 2 heterocycles. The molecule has 1 fully saturated rings. The normalized spacial score (nSPS) is 21.1. The first-order chi connectivity index (χ1) is 11.0. The van der Waals surface area contributed by atoms with E-state index in [1.807, 2.05) is 6.92 Å². The number of amides is 2. The van der Waals surface area contributed by atoms with E-state index in [-0.39, 0.29) is 24.1 Å². The highest BCUT2D eigenvalue weighted by atomic mass is 16.6. The third-order valence-corrected chi connectivity index (χ3v) is 4.00. The van der Waals surface area contributed by atoms with Crippen LogP contribution in [0.5, 0.6) is 0 Å². The Kier molecular flexibility index (Phi) is 5.49. The first kappa shape index (κ1) is 17.1. The van der Waals surface area contributed by atoms with Gasteiger partial charge in [-0.3, -0.25) is 4.79 Å². The van der Waals surface area contributed by atoms with E-state index < -0.39 is 0 Å². The number of hydrogen-bond acceptors (Lipinski definition) is 5. The number of nitrogens with two attached hydrogens (primary N) is 1. The van der Waals surface area contributed by atoms with Gasteiger partial charge in [-0.1, -0.05) is 0 Å². The minimum absolute atomic E-state index is 0.178. The number of carbonyl (C=O) groups is 2. The Morgan fingerprint density at radius 3 is 2.83 bits per heavy atom. The maximum Gasteiger partial charge on any atom is 0.409 e. The second kappa shape index (κ2) is 7.36. The lowest BCUT2D eigenvalue weighted by Crippen LogP contribution is -2.56. The van der Waals surface area contributed by atoms with Crippen LogP contribution in [0.25, 0.3) is 0 Å². The number of rotatable bonds is 4. The molecule has 1 aliphatic heterocycles. The molecule has 8 heteroatoms. The molecule has 0 saturated carbocycles. The topological polar surface area (TPSA) is 110 Å². The number of anilines is 1. The zero-order valence-corrected chi connectivity index (χ0v) is 13.7. The van der Waals surface area contributed by atoms with Gasteiger partial charge in [-0.15, -0.1) is 0 Å². The fraction of sp³-hybridized carbons (Fsp3) is 0.600. The molecule has 0 aliphatic carbocycles. The first-order valence-electron chi connectivity index (χ1n) is 7.66. The fourth-order valence-electron chi connectivity index (χ4n) is 2.64. The van der Waals surface area contributed by atoms with Crippen molar-refractivity contribution in [3.63, 3.8) is 0 Å². The van der Waals surface area contributed by atoms with E-state index >= 15 is 0 Å². The van der Waals surface area contributed by atoms with E-state index in [2.05, 4.69) is 10.3 Å². The summed E-state index contributed by atoms with van der Waals surface area (Å²) in [6, 6.07) is 1.43. The molecule has 1 aliphatic rings. The Morgan fingerprint density at radius 2 is 2.26 bits per heavy atom. The van der Waals surface area contributed by atoms with E-state index in [1.54, 1.807) is 25.0 Å². The highest BCUT2D eigenvalue weighted by Crippen LogP contribution is 2.17. The van der Waals surface area contributed by atoms with Crippen molar-refractivity contribution < 1.29 is 19.1 Å². The second-order valence-electron chi connectivity index (χ2n) is 5.55. The van der Waals surface area contributed by atoms with Gasteiger partial charge in [0, 0.05) is 19.3 Å². The lowest BCUT2D eigenvalue weighted by Gasteiger charge is -2.37. The summed E-state index contributed by atoms with van der Waals surface area (Å²) in [5, 5.41) is 2.94. The molecule has 4 N–H and O–H groups in total. The van der Waals surface area contributed by atoms with Crippen molar-refractivity contribution in [1.29, 1.82) is 0 Å². The van der Waals surface area contributed by atoms with Gasteiger partial charge in [0.2, 0.25) is 0 Å². The van der Waals surface area contributed by atoms with Crippen molar-refractivity contribution >= 4 is 17.7 Å². The van der Waals surface area contributed by atoms with E-state index in [1.165, 1.54) is 0 Å². The van der Waals surface area contributed by atoms with Crippen molar-refractivity contribution in [1.82, 2.24) is 15.2 Å². The molecule has 0 radical (unpaired) electrons. The number of aromatic nitrogens is 1. The molecule has 0 unspecified atom stereocenters. The standard InChI is InChI=1S/C15H24N4O4/c1-4-23-15(21)19-6-5-11(13(8-19)22-3)18-14(20)12-7-10(16)9(2)17-12/h7,11,13,17H,4-6,8,16H2,1-3H3,(H,18,20)/t11-,13+/m1/s1. The van der Waals surface area contributed by atoms with Crippen LogP contribution in [0.2, 0.25) is 0 Å². The highest BCUT2D eigenvalue weighted by Gasteiger charge is 2.33. The summed E-state index contributed by atoms with van der Waals surface area (Å²) in [5.41, 5.74) is 7.48. The predicted molar refractivity (Wildman–Crippen MR) is 85.2 cm³/mol. The van der Waals surface area contributed by atoms with Gasteiger partial charge in [-0.05, 0) is 26.3 Å². The van der Waals surface area contributed by atoms with Gasteiger partial charge in [0.1, 0.15) is 5.69 Å². The molecule has 2 atom stereocenters. The second-order valence-corrected chi connectivity index (χ2v) is 5.55. The van der Waals surface area contributed by atoms with Crippen LogP contribution in [0, 0.1) is 6.92 Å². The number of H-pyrrole nitrogens is 1. The van der Waals surface area contributed by atoms with Crippen LogP contribution in [0.15, 0.2) is 6.07 Å². The van der Waals surface area contributed by atoms with Crippen LogP contribution in [0.4, 0.5) is 10.5 Å². The van der Waals surface area contributed by atoms with E-state index in [9.17, 15) is 9.59 Å². The average molecular weight is 324 g/mol. The zero-order valence-electron chi connectivity index (χ0n) is 13.7. The molecular formula is C15H24N4O4. The summed E-state index contributed by atoms with van der Waals surface area (Å²) < 4.78 is 10.4. The largest absolute Gasteiger partial charge is 0.450 e. The molecule has 1 aromatic heterocycles. The molecule has 0 spiro atoms. The van der Waals surface area contributed by atoms with Crippen LogP contribution < -0.4 is 11.1 Å². The number of piperidine rings is 1. The number of likely N-dealkylation sites (tertiary alicyclic amines) is 1. The van der Waals surface area contributed by atoms with Gasteiger partial charge in [-0.2, -0.15) is 0 Å². The number of hydrogen-bond donors (Lipinski definition) is 3. The summed E-state index contributed by atoms with van der Waals surface area (Å²) in [6.45, 7) is 4.80. The molecular weight excluding hydrogens is 300 g/mol. The Bertz CT molecular complexity index is 552. The number of aryl methyl sites for hydroxylation is 1. The minimum atomic E-state index is -0.355. The minimum Gasteiger partial charge on any atom is -0.450 e. The summed E-state index contributed by atoms with van der Waals surface area (Å²) in [4.78, 5) is 28.6. The molecule has 2 amide bonds. The quantitative estimate of drug-likeness (QED) is 0.761. The number of ether oxygens (including phenoxy) is 2. The maximum absolute atomic E-state index is 12.3. The van der Waals surface area contributed by atoms with Crippen molar-refractivity contribution in [2.24, 2.45) is 0 Å². The van der Waals surface area contributed by atoms with Crippen LogP contribution in [-0.4, -0.2) is 60.8 Å². The molecule has 1 saturated heterocycles. The van der Waals surface area contributed by atoms with Crippen LogP contribution in [0.3, 0.4) is 0 Å². The number of methoxy groups -OCH3 is 1. The van der Waals surface area contributed by atoms with Gasteiger partial charge in [0.15, 0.2) is 0 Å². The lowest BCUT2D eigenvalue weighted by molar-refractivity contribution is 0.00450. The van der Waals surface area contributed by atoms with Crippen LogP contribution in [-0.2, 0) is 9.47 Å². The average Bonchev–Trinajstić information content (AvgIpc) is 2.87. The smallest absolute Gasteiger partial charge is 0.409 e. The Hall–Kier alpha value is -2.22. The number of nitrogen functional groups attached to an aromatic ring is 1. The third kappa shape index (κ3) is 3.95. The third-order valence-electron chi connectivity index (χ3n) is 4.00. The summed E-state index contributed by atoms with van der Waals surface area (Å²) in [6.07, 6.45) is -0.0456. The number of carbonyl (C=O) groups excluding carboxylic acids is 2. The molecule has 1 aromatic rings. The van der Waals surface area contributed by atoms with Gasteiger partial charge < -0.3 is 30.4 Å². The van der Waals surface area contributed by atoms with Crippen molar-refractivity contribution in [3.05, 3.63) is 17.5 Å². The SMILES string of the molecule is CCOC(=O)N1CC[C@@H](NC(=O)c2cc(N)c(C)[nH]2)[C@@H](OC)C1. The molecule has 0 bridgehead atoms. The molecule has 128 valence electrons. The van der Waals surface area contributed by atoms with E-state index in [4.69, 9.17) is 15.2 Å². The maximum atomic E-state index is 12.3. The molecule has 0 aromatic carbocycles. The molecule has 23 heavy (non-hydrogen) atoms. The van der Waals surface area contributed by atoms with Crippen LogP contribution >= 0.6 is 0 Å². The summed E-state index contributed by atoms with van der Waals surface area (Å²) >= 11 is 0. The Morgan fingerprint density at radius 1 is 1.52 bits per heavy atom. The fourth-order valence-corrected chi connectivity index (χ4v) is 2.64. The zero-order chi connectivity index (χ0) is 17.0. The van der Waals surface area contributed by atoms with E-state index in [0.29, 0.717) is 37.5 Å². The van der Waals surface area contributed by atoms with Gasteiger partial charge >= 0.3 is 6.09 Å².